The third-order valence-electron chi connectivity index (χ3n) is 1.89. The van der Waals surface area contributed by atoms with E-state index in [0.29, 0.717) is 19.8 Å². The third-order valence-corrected chi connectivity index (χ3v) is 1.89. The van der Waals surface area contributed by atoms with E-state index in [1.807, 2.05) is 20.8 Å². The molecular formula is C11H22F2O4. The van der Waals surface area contributed by atoms with Crippen LogP contribution in [0, 0.1) is 0 Å². The van der Waals surface area contributed by atoms with Gasteiger partial charge in [-0.15, -0.1) is 0 Å². The highest BCUT2D eigenvalue weighted by atomic mass is 19.3. The zero-order valence-corrected chi connectivity index (χ0v) is 10.7. The molecule has 6 heteroatoms. The van der Waals surface area contributed by atoms with Gasteiger partial charge in [-0.2, -0.15) is 0 Å². The second-order valence-electron chi connectivity index (χ2n) is 3.20. The van der Waals surface area contributed by atoms with Crippen molar-refractivity contribution in [3.05, 3.63) is 0 Å². The van der Waals surface area contributed by atoms with Crippen LogP contribution in [0.25, 0.3) is 0 Å². The number of halogens is 2. The van der Waals surface area contributed by atoms with Gasteiger partial charge in [0, 0.05) is 19.8 Å². The summed E-state index contributed by atoms with van der Waals surface area (Å²) in [4.78, 5) is 0. The highest BCUT2D eigenvalue weighted by Crippen LogP contribution is 2.20. The second kappa shape index (κ2) is 9.70. The van der Waals surface area contributed by atoms with E-state index in [0.717, 1.165) is 0 Å². The minimum atomic E-state index is -2.46. The molecule has 0 aliphatic rings. The summed E-state index contributed by atoms with van der Waals surface area (Å²) in [6, 6.07) is 0. The fraction of sp³-hybridized carbons (Fsp3) is 1.00. The predicted octanol–water partition coefficient (Wildman–Crippen LogP) is 2.42. The molecule has 0 radical (unpaired) electrons. The van der Waals surface area contributed by atoms with Gasteiger partial charge in [-0.05, 0) is 20.8 Å². The summed E-state index contributed by atoms with van der Waals surface area (Å²) in [5.74, 6) is -1.18. The lowest BCUT2D eigenvalue weighted by Crippen LogP contribution is -2.40. The zero-order chi connectivity index (χ0) is 13.1. The van der Waals surface area contributed by atoms with Gasteiger partial charge in [0.2, 0.25) is 0 Å². The molecule has 0 amide bonds. The van der Waals surface area contributed by atoms with Crippen molar-refractivity contribution in [3.63, 3.8) is 0 Å². The first-order chi connectivity index (χ1) is 8.10. The maximum Gasteiger partial charge on any atom is 0.285 e. The van der Waals surface area contributed by atoms with Crippen LogP contribution in [0.5, 0.6) is 0 Å². The first kappa shape index (κ1) is 16.7. The number of ether oxygens (including phenoxy) is 4. The largest absolute Gasteiger partial charge is 0.375 e. The molecule has 0 rings (SSSR count). The summed E-state index contributed by atoms with van der Waals surface area (Å²) >= 11 is 0. The van der Waals surface area contributed by atoms with E-state index in [2.05, 4.69) is 0 Å². The van der Waals surface area contributed by atoms with Gasteiger partial charge in [0.25, 0.3) is 12.4 Å². The normalized spacial score (nSPS) is 12.4. The van der Waals surface area contributed by atoms with Crippen molar-refractivity contribution in [1.29, 1.82) is 0 Å². The average molecular weight is 256 g/mol. The quantitative estimate of drug-likeness (QED) is 0.420. The van der Waals surface area contributed by atoms with Gasteiger partial charge in [0.05, 0.1) is 13.0 Å². The van der Waals surface area contributed by atoms with Crippen LogP contribution in [-0.2, 0) is 18.9 Å². The highest BCUT2D eigenvalue weighted by molar-refractivity contribution is 4.57. The average Bonchev–Trinajstić information content (AvgIpc) is 2.25. The SMILES string of the molecule is CCOC(CCOCC(F)F)(OCC)OCC. The maximum absolute atomic E-state index is 11.9. The van der Waals surface area contributed by atoms with E-state index in [-0.39, 0.29) is 13.0 Å². The molecule has 0 saturated heterocycles. The Morgan fingerprint density at radius 3 is 1.76 bits per heavy atom. The van der Waals surface area contributed by atoms with E-state index in [4.69, 9.17) is 18.9 Å². The van der Waals surface area contributed by atoms with Crippen molar-refractivity contribution in [2.45, 2.75) is 39.6 Å². The molecule has 4 nitrogen and oxygen atoms in total. The monoisotopic (exact) mass is 256 g/mol. The molecule has 0 aliphatic heterocycles. The molecule has 0 aromatic heterocycles. The molecule has 0 spiro atoms. The lowest BCUT2D eigenvalue weighted by atomic mass is 10.3. The molecular weight excluding hydrogens is 234 g/mol. The van der Waals surface area contributed by atoms with Crippen molar-refractivity contribution in [2.24, 2.45) is 0 Å². The van der Waals surface area contributed by atoms with Crippen LogP contribution in [0.15, 0.2) is 0 Å². The van der Waals surface area contributed by atoms with Crippen LogP contribution in [0.1, 0.15) is 27.2 Å². The Hall–Kier alpha value is -0.300. The van der Waals surface area contributed by atoms with Crippen molar-refractivity contribution in [2.75, 3.05) is 33.0 Å². The Kier molecular flexibility index (Phi) is 9.53. The van der Waals surface area contributed by atoms with Gasteiger partial charge in [-0.25, -0.2) is 8.78 Å². The third kappa shape index (κ3) is 7.59. The smallest absolute Gasteiger partial charge is 0.285 e. The van der Waals surface area contributed by atoms with Crippen LogP contribution in [-0.4, -0.2) is 45.4 Å². The summed E-state index contributed by atoms with van der Waals surface area (Å²) in [6.07, 6.45) is -2.20. The molecule has 0 atom stereocenters. The fourth-order valence-corrected chi connectivity index (χ4v) is 1.37. The van der Waals surface area contributed by atoms with E-state index in [1.54, 1.807) is 0 Å². The van der Waals surface area contributed by atoms with E-state index >= 15 is 0 Å². The summed E-state index contributed by atoms with van der Waals surface area (Å²) in [5.41, 5.74) is 0. The van der Waals surface area contributed by atoms with Crippen LogP contribution >= 0.6 is 0 Å². The van der Waals surface area contributed by atoms with Crippen LogP contribution < -0.4 is 0 Å². The van der Waals surface area contributed by atoms with Gasteiger partial charge < -0.3 is 18.9 Å². The molecule has 0 saturated carbocycles. The van der Waals surface area contributed by atoms with Gasteiger partial charge in [0.15, 0.2) is 0 Å². The Bertz CT molecular complexity index is 162. The van der Waals surface area contributed by atoms with E-state index < -0.39 is 19.0 Å². The molecule has 104 valence electrons. The minimum absolute atomic E-state index is 0.102. The Balaban J connectivity index is 4.14. The first-order valence-corrected chi connectivity index (χ1v) is 5.88. The summed E-state index contributed by atoms with van der Waals surface area (Å²) in [5, 5.41) is 0. The topological polar surface area (TPSA) is 36.9 Å². The molecule has 0 fully saturated rings. The maximum atomic E-state index is 11.9. The Morgan fingerprint density at radius 1 is 0.941 bits per heavy atom. The summed E-state index contributed by atoms with van der Waals surface area (Å²) in [7, 11) is 0. The van der Waals surface area contributed by atoms with E-state index in [9.17, 15) is 8.78 Å². The van der Waals surface area contributed by atoms with Crippen LogP contribution in [0.3, 0.4) is 0 Å². The van der Waals surface area contributed by atoms with Crippen molar-refractivity contribution in [3.8, 4) is 0 Å². The number of hydrogen-bond donors (Lipinski definition) is 0. The predicted molar refractivity (Wildman–Crippen MR) is 59.0 cm³/mol. The Labute approximate surface area is 101 Å². The molecule has 0 N–H and O–H groups in total. The van der Waals surface area contributed by atoms with Gasteiger partial charge >= 0.3 is 0 Å². The second-order valence-corrected chi connectivity index (χ2v) is 3.20. The van der Waals surface area contributed by atoms with E-state index in [1.165, 1.54) is 0 Å². The van der Waals surface area contributed by atoms with Crippen molar-refractivity contribution in [1.82, 2.24) is 0 Å². The Morgan fingerprint density at radius 2 is 1.41 bits per heavy atom. The number of hydrogen-bond acceptors (Lipinski definition) is 4. The van der Waals surface area contributed by atoms with Crippen LogP contribution in [0.2, 0.25) is 0 Å². The summed E-state index contributed by atoms with van der Waals surface area (Å²) < 4.78 is 44.8. The lowest BCUT2D eigenvalue weighted by molar-refractivity contribution is -0.382. The molecule has 0 aromatic carbocycles. The molecule has 0 heterocycles. The zero-order valence-electron chi connectivity index (χ0n) is 10.7. The minimum Gasteiger partial charge on any atom is -0.375 e. The summed E-state index contributed by atoms with van der Waals surface area (Å²) in [6.45, 7) is 6.19. The molecule has 0 unspecified atom stereocenters. The molecule has 0 aromatic rings. The highest BCUT2D eigenvalue weighted by Gasteiger charge is 2.32. The van der Waals surface area contributed by atoms with Gasteiger partial charge in [-0.1, -0.05) is 0 Å². The van der Waals surface area contributed by atoms with Gasteiger partial charge in [0.1, 0.15) is 6.61 Å². The van der Waals surface area contributed by atoms with Crippen molar-refractivity contribution < 1.29 is 27.7 Å². The lowest BCUT2D eigenvalue weighted by Gasteiger charge is -2.32. The standard InChI is InChI=1S/C11H22F2O4/c1-4-15-11(16-5-2,17-6-3)7-8-14-9-10(12)13/h10H,4-9H2,1-3H3. The van der Waals surface area contributed by atoms with Gasteiger partial charge in [-0.3, -0.25) is 0 Å². The molecule has 0 bridgehead atoms. The molecule has 17 heavy (non-hydrogen) atoms. The van der Waals surface area contributed by atoms with Crippen LogP contribution in [0.4, 0.5) is 8.78 Å². The number of rotatable bonds is 11. The molecule has 0 aliphatic carbocycles. The fourth-order valence-electron chi connectivity index (χ4n) is 1.37. The van der Waals surface area contributed by atoms with Crippen molar-refractivity contribution >= 4 is 0 Å². The first-order valence-electron chi connectivity index (χ1n) is 5.88. The number of alkyl halides is 2.